The molecule has 0 fully saturated rings. The number of hydrogen-bond acceptors (Lipinski definition) is 3. The van der Waals surface area contributed by atoms with E-state index in [0.29, 0.717) is 16.3 Å². The van der Waals surface area contributed by atoms with Gasteiger partial charge in [0.05, 0.1) is 5.56 Å². The first-order valence-corrected chi connectivity index (χ1v) is 9.22. The van der Waals surface area contributed by atoms with Gasteiger partial charge in [-0.05, 0) is 68.8 Å². The summed E-state index contributed by atoms with van der Waals surface area (Å²) in [7, 11) is 0. The normalized spacial score (nSPS) is 10.6. The lowest BCUT2D eigenvalue weighted by atomic mass is 10.2. The molecule has 28 heavy (non-hydrogen) atoms. The predicted molar refractivity (Wildman–Crippen MR) is 110 cm³/mol. The zero-order chi connectivity index (χ0) is 20.3. The number of carbonyl (C=O) groups is 2. The third-order valence-electron chi connectivity index (χ3n) is 4.49. The van der Waals surface area contributed by atoms with Crippen LogP contribution in [0.15, 0.2) is 54.6 Å². The standard InChI is InChI=1S/C22H21ClN2O3/c1-14-10-11-15(2)25(14)18-7-4-6-17(12-18)22(27)28-13-21(26)24-20-9-5-8-19(23)16(20)3/h4-12H,13H2,1-3H3,(H,24,26). The summed E-state index contributed by atoms with van der Waals surface area (Å²) in [6.07, 6.45) is 0. The van der Waals surface area contributed by atoms with Gasteiger partial charge in [0.25, 0.3) is 5.91 Å². The molecule has 0 saturated carbocycles. The van der Waals surface area contributed by atoms with Gasteiger partial charge in [-0.3, -0.25) is 4.79 Å². The molecule has 1 amide bonds. The molecule has 2 aromatic carbocycles. The summed E-state index contributed by atoms with van der Waals surface area (Å²) >= 11 is 6.05. The molecular weight excluding hydrogens is 376 g/mol. The quantitative estimate of drug-likeness (QED) is 0.627. The van der Waals surface area contributed by atoms with Gasteiger partial charge >= 0.3 is 5.97 Å². The number of rotatable bonds is 5. The first-order valence-electron chi connectivity index (χ1n) is 8.84. The Labute approximate surface area is 168 Å². The van der Waals surface area contributed by atoms with Gasteiger partial charge in [0.2, 0.25) is 0 Å². The molecule has 0 bridgehead atoms. The Hall–Kier alpha value is -3.05. The van der Waals surface area contributed by atoms with E-state index in [0.717, 1.165) is 22.6 Å². The molecule has 0 spiro atoms. The predicted octanol–water partition coefficient (Wildman–Crippen LogP) is 4.85. The van der Waals surface area contributed by atoms with Crippen molar-refractivity contribution in [1.29, 1.82) is 0 Å². The van der Waals surface area contributed by atoms with Gasteiger partial charge in [0.15, 0.2) is 6.61 Å². The fourth-order valence-corrected chi connectivity index (χ4v) is 3.17. The largest absolute Gasteiger partial charge is 0.452 e. The first-order chi connectivity index (χ1) is 13.4. The molecule has 0 radical (unpaired) electrons. The van der Waals surface area contributed by atoms with Crippen LogP contribution >= 0.6 is 11.6 Å². The number of amides is 1. The highest BCUT2D eigenvalue weighted by atomic mass is 35.5. The van der Waals surface area contributed by atoms with Crippen molar-refractivity contribution in [2.24, 2.45) is 0 Å². The van der Waals surface area contributed by atoms with Crippen LogP contribution in [-0.4, -0.2) is 23.1 Å². The van der Waals surface area contributed by atoms with Crippen LogP contribution in [0, 0.1) is 20.8 Å². The maximum absolute atomic E-state index is 12.4. The van der Waals surface area contributed by atoms with Crippen molar-refractivity contribution in [2.45, 2.75) is 20.8 Å². The average molecular weight is 397 g/mol. The van der Waals surface area contributed by atoms with Crippen molar-refractivity contribution in [3.63, 3.8) is 0 Å². The van der Waals surface area contributed by atoms with Crippen LogP contribution in [0.4, 0.5) is 5.69 Å². The van der Waals surface area contributed by atoms with E-state index in [1.165, 1.54) is 0 Å². The highest BCUT2D eigenvalue weighted by molar-refractivity contribution is 6.31. The minimum absolute atomic E-state index is 0.378. The molecule has 6 heteroatoms. The lowest BCUT2D eigenvalue weighted by Crippen LogP contribution is -2.21. The van der Waals surface area contributed by atoms with Crippen LogP contribution in [0.1, 0.15) is 27.3 Å². The number of aryl methyl sites for hydroxylation is 2. The Kier molecular flexibility index (Phi) is 5.85. The van der Waals surface area contributed by atoms with E-state index in [-0.39, 0.29) is 6.61 Å². The number of anilines is 1. The van der Waals surface area contributed by atoms with Crippen molar-refractivity contribution in [1.82, 2.24) is 4.57 Å². The summed E-state index contributed by atoms with van der Waals surface area (Å²) < 4.78 is 7.22. The van der Waals surface area contributed by atoms with Gasteiger partial charge in [-0.15, -0.1) is 0 Å². The number of nitrogens with one attached hydrogen (secondary N) is 1. The molecule has 0 aliphatic rings. The Morgan fingerprint density at radius 2 is 1.68 bits per heavy atom. The van der Waals surface area contributed by atoms with Crippen molar-refractivity contribution in [3.05, 3.63) is 82.1 Å². The van der Waals surface area contributed by atoms with Crippen LogP contribution in [0.2, 0.25) is 5.02 Å². The van der Waals surface area contributed by atoms with E-state index in [4.69, 9.17) is 16.3 Å². The Morgan fingerprint density at radius 1 is 1.00 bits per heavy atom. The molecule has 0 unspecified atom stereocenters. The fourth-order valence-electron chi connectivity index (χ4n) is 2.99. The summed E-state index contributed by atoms with van der Waals surface area (Å²) in [5.41, 5.74) is 4.74. The molecule has 0 aliphatic carbocycles. The van der Waals surface area contributed by atoms with E-state index < -0.39 is 11.9 Å². The van der Waals surface area contributed by atoms with Crippen molar-refractivity contribution in [3.8, 4) is 5.69 Å². The van der Waals surface area contributed by atoms with E-state index in [2.05, 4.69) is 5.32 Å². The van der Waals surface area contributed by atoms with E-state index in [9.17, 15) is 9.59 Å². The minimum Gasteiger partial charge on any atom is -0.452 e. The molecule has 3 rings (SSSR count). The fraction of sp³-hybridized carbons (Fsp3) is 0.182. The molecule has 144 valence electrons. The van der Waals surface area contributed by atoms with E-state index in [1.807, 2.05) is 36.6 Å². The maximum Gasteiger partial charge on any atom is 0.338 e. The number of carbonyl (C=O) groups excluding carboxylic acids is 2. The lowest BCUT2D eigenvalue weighted by Gasteiger charge is -2.12. The maximum atomic E-state index is 12.4. The Balaban J connectivity index is 1.66. The molecule has 0 atom stereocenters. The number of nitrogens with zero attached hydrogens (tertiary/aromatic N) is 1. The summed E-state index contributed by atoms with van der Waals surface area (Å²) in [6, 6.07) is 16.4. The third-order valence-corrected chi connectivity index (χ3v) is 4.90. The summed E-state index contributed by atoms with van der Waals surface area (Å²) in [5.74, 6) is -0.978. The first kappa shape index (κ1) is 19.7. The second-order valence-corrected chi connectivity index (χ2v) is 6.95. The molecule has 1 heterocycles. The highest BCUT2D eigenvalue weighted by Crippen LogP contribution is 2.23. The van der Waals surface area contributed by atoms with E-state index >= 15 is 0 Å². The van der Waals surface area contributed by atoms with Gasteiger partial charge in [0.1, 0.15) is 0 Å². The third kappa shape index (κ3) is 4.26. The Bertz CT molecular complexity index is 1020. The van der Waals surface area contributed by atoms with Crippen LogP contribution in [0.5, 0.6) is 0 Å². The van der Waals surface area contributed by atoms with E-state index in [1.54, 1.807) is 43.3 Å². The molecule has 1 aromatic heterocycles. The number of ether oxygens (including phenoxy) is 1. The molecule has 3 aromatic rings. The number of esters is 1. The van der Waals surface area contributed by atoms with Crippen molar-refractivity contribution < 1.29 is 14.3 Å². The summed E-state index contributed by atoms with van der Waals surface area (Å²) in [4.78, 5) is 24.5. The monoisotopic (exact) mass is 396 g/mol. The van der Waals surface area contributed by atoms with Crippen LogP contribution in [0.25, 0.3) is 5.69 Å². The summed E-state index contributed by atoms with van der Waals surface area (Å²) in [6.45, 7) is 5.43. The smallest absolute Gasteiger partial charge is 0.338 e. The van der Waals surface area contributed by atoms with Crippen molar-refractivity contribution >= 4 is 29.2 Å². The second-order valence-electron chi connectivity index (χ2n) is 6.54. The molecule has 1 N–H and O–H groups in total. The van der Waals surface area contributed by atoms with Crippen LogP contribution < -0.4 is 5.32 Å². The number of benzene rings is 2. The van der Waals surface area contributed by atoms with Crippen LogP contribution in [-0.2, 0) is 9.53 Å². The van der Waals surface area contributed by atoms with Crippen LogP contribution in [0.3, 0.4) is 0 Å². The summed E-state index contributed by atoms with van der Waals surface area (Å²) in [5, 5.41) is 3.26. The van der Waals surface area contributed by atoms with Gasteiger partial charge in [-0.25, -0.2) is 4.79 Å². The van der Waals surface area contributed by atoms with Gasteiger partial charge in [0, 0.05) is 27.8 Å². The SMILES string of the molecule is Cc1c(Cl)cccc1NC(=O)COC(=O)c1cccc(-n2c(C)ccc2C)c1. The second kappa shape index (κ2) is 8.31. The Morgan fingerprint density at radius 3 is 2.39 bits per heavy atom. The minimum atomic E-state index is -0.553. The zero-order valence-corrected chi connectivity index (χ0v) is 16.7. The topological polar surface area (TPSA) is 60.3 Å². The van der Waals surface area contributed by atoms with Gasteiger partial charge in [-0.1, -0.05) is 23.7 Å². The molecule has 5 nitrogen and oxygen atoms in total. The molecule has 0 saturated heterocycles. The average Bonchev–Trinajstić information content (AvgIpc) is 3.02. The number of aromatic nitrogens is 1. The molecule has 0 aliphatic heterocycles. The zero-order valence-electron chi connectivity index (χ0n) is 16.0. The number of halogens is 1. The van der Waals surface area contributed by atoms with Gasteiger partial charge < -0.3 is 14.6 Å². The lowest BCUT2D eigenvalue weighted by molar-refractivity contribution is -0.119. The van der Waals surface area contributed by atoms with Gasteiger partial charge in [-0.2, -0.15) is 0 Å². The van der Waals surface area contributed by atoms with Crippen molar-refractivity contribution in [2.75, 3.05) is 11.9 Å². The number of hydrogen-bond donors (Lipinski definition) is 1. The highest BCUT2D eigenvalue weighted by Gasteiger charge is 2.13. The molecular formula is C22H21ClN2O3.